The molecular weight excluding hydrogens is 403 g/mol. The first kappa shape index (κ1) is 22.8. The Morgan fingerprint density at radius 3 is 2.53 bits per heavy atom. The van der Waals surface area contributed by atoms with E-state index >= 15 is 0 Å². The minimum absolute atomic E-state index is 0.0208. The zero-order valence-corrected chi connectivity index (χ0v) is 18.4. The topological polar surface area (TPSA) is 62.1 Å². The Hall–Kier alpha value is -3.91. The van der Waals surface area contributed by atoms with Crippen LogP contribution >= 0.6 is 0 Å². The lowest BCUT2D eigenvalue weighted by atomic mass is 10.0. The molecule has 0 atom stereocenters. The molecule has 5 heteroatoms. The number of hydrogen-bond donors (Lipinski definition) is 1. The normalized spacial score (nSPS) is 11.0. The lowest BCUT2D eigenvalue weighted by Crippen LogP contribution is -2.13. The number of nitrogens with one attached hydrogen (secondary N) is 1. The Morgan fingerprint density at radius 2 is 1.84 bits per heavy atom. The van der Waals surface area contributed by atoms with Gasteiger partial charge in [0.25, 0.3) is 5.91 Å². The molecule has 162 valence electrons. The van der Waals surface area contributed by atoms with E-state index in [2.05, 4.69) is 5.32 Å². The van der Waals surface area contributed by atoms with Crippen molar-refractivity contribution in [2.75, 3.05) is 11.9 Å². The van der Waals surface area contributed by atoms with Gasteiger partial charge in [-0.2, -0.15) is 5.26 Å². The Balaban J connectivity index is 1.85. The van der Waals surface area contributed by atoms with E-state index in [4.69, 9.17) is 4.74 Å². The Labute approximate surface area is 188 Å². The number of carbonyl (C=O) groups excluding carboxylic acids is 1. The van der Waals surface area contributed by atoms with Crippen LogP contribution in [0.15, 0.2) is 66.2 Å². The molecular formula is C27H25FN2O2. The van der Waals surface area contributed by atoms with Crippen LogP contribution in [-0.4, -0.2) is 12.5 Å². The van der Waals surface area contributed by atoms with Crippen molar-refractivity contribution in [3.05, 3.63) is 99.9 Å². The number of carbonyl (C=O) groups is 1. The van der Waals surface area contributed by atoms with Gasteiger partial charge in [-0.15, -0.1) is 0 Å². The second kappa shape index (κ2) is 10.4. The summed E-state index contributed by atoms with van der Waals surface area (Å²) in [5, 5.41) is 12.3. The first-order valence-corrected chi connectivity index (χ1v) is 10.4. The van der Waals surface area contributed by atoms with Crippen LogP contribution < -0.4 is 10.1 Å². The third-order valence-electron chi connectivity index (χ3n) is 5.17. The monoisotopic (exact) mass is 428 g/mol. The number of amides is 1. The molecule has 3 aromatic carbocycles. The minimum Gasteiger partial charge on any atom is -0.494 e. The highest BCUT2D eigenvalue weighted by Crippen LogP contribution is 2.26. The van der Waals surface area contributed by atoms with E-state index in [0.717, 1.165) is 16.7 Å². The number of halogens is 1. The maximum absolute atomic E-state index is 14.1. The SMILES string of the molecule is CCOc1cc(/C=C(\C#N)C(=O)Nc2ccc(C)c(C)c2)ccc1Cc1ccccc1F. The molecule has 1 N–H and O–H groups in total. The largest absolute Gasteiger partial charge is 0.494 e. The van der Waals surface area contributed by atoms with E-state index in [9.17, 15) is 14.4 Å². The van der Waals surface area contributed by atoms with Gasteiger partial charge >= 0.3 is 0 Å². The molecule has 0 fully saturated rings. The summed E-state index contributed by atoms with van der Waals surface area (Å²) in [4.78, 5) is 12.6. The fourth-order valence-corrected chi connectivity index (χ4v) is 3.28. The average Bonchev–Trinajstić information content (AvgIpc) is 2.77. The zero-order chi connectivity index (χ0) is 23.1. The van der Waals surface area contributed by atoms with E-state index in [1.54, 1.807) is 36.4 Å². The summed E-state index contributed by atoms with van der Waals surface area (Å²) in [5.74, 6) is -0.158. The molecule has 0 radical (unpaired) electrons. The van der Waals surface area contributed by atoms with Gasteiger partial charge < -0.3 is 10.1 Å². The molecule has 1 amide bonds. The van der Waals surface area contributed by atoms with Crippen molar-refractivity contribution in [1.29, 1.82) is 5.26 Å². The molecule has 4 nitrogen and oxygen atoms in total. The maximum atomic E-state index is 14.1. The van der Waals surface area contributed by atoms with Gasteiger partial charge in [0.15, 0.2) is 0 Å². The number of hydrogen-bond acceptors (Lipinski definition) is 3. The van der Waals surface area contributed by atoms with Crippen LogP contribution in [0.1, 0.15) is 34.7 Å². The summed E-state index contributed by atoms with van der Waals surface area (Å²) in [6.07, 6.45) is 1.90. The van der Waals surface area contributed by atoms with E-state index in [-0.39, 0.29) is 11.4 Å². The number of nitrogens with zero attached hydrogens (tertiary/aromatic N) is 1. The van der Waals surface area contributed by atoms with Crippen LogP contribution in [0.25, 0.3) is 6.08 Å². The van der Waals surface area contributed by atoms with Crippen LogP contribution in [0.5, 0.6) is 5.75 Å². The highest BCUT2D eigenvalue weighted by atomic mass is 19.1. The van der Waals surface area contributed by atoms with E-state index in [1.165, 1.54) is 12.1 Å². The van der Waals surface area contributed by atoms with Crippen molar-refractivity contribution < 1.29 is 13.9 Å². The van der Waals surface area contributed by atoms with Gasteiger partial charge in [-0.25, -0.2) is 4.39 Å². The zero-order valence-electron chi connectivity index (χ0n) is 18.4. The highest BCUT2D eigenvalue weighted by Gasteiger charge is 2.12. The molecule has 0 unspecified atom stereocenters. The number of anilines is 1. The fourth-order valence-electron chi connectivity index (χ4n) is 3.28. The quantitative estimate of drug-likeness (QED) is 0.372. The van der Waals surface area contributed by atoms with Crippen molar-refractivity contribution >= 4 is 17.7 Å². The molecule has 0 bridgehead atoms. The number of rotatable bonds is 7. The number of benzene rings is 3. The smallest absolute Gasteiger partial charge is 0.266 e. The summed E-state index contributed by atoms with van der Waals surface area (Å²) in [5.41, 5.74) is 4.84. The van der Waals surface area contributed by atoms with Crippen molar-refractivity contribution in [2.24, 2.45) is 0 Å². The van der Waals surface area contributed by atoms with Crippen LogP contribution in [0.4, 0.5) is 10.1 Å². The van der Waals surface area contributed by atoms with Crippen molar-refractivity contribution in [2.45, 2.75) is 27.2 Å². The minimum atomic E-state index is -0.482. The van der Waals surface area contributed by atoms with E-state index in [0.29, 0.717) is 35.6 Å². The van der Waals surface area contributed by atoms with Crippen LogP contribution in [0.3, 0.4) is 0 Å². The van der Waals surface area contributed by atoms with Gasteiger partial charge in [-0.3, -0.25) is 4.79 Å². The molecule has 3 aromatic rings. The first-order valence-electron chi connectivity index (χ1n) is 10.4. The molecule has 0 aliphatic carbocycles. The van der Waals surface area contributed by atoms with Crippen LogP contribution in [0, 0.1) is 31.0 Å². The van der Waals surface area contributed by atoms with Crippen LogP contribution in [0.2, 0.25) is 0 Å². The van der Waals surface area contributed by atoms with E-state index < -0.39 is 5.91 Å². The van der Waals surface area contributed by atoms with Gasteiger partial charge in [-0.05, 0) is 78.9 Å². The Morgan fingerprint density at radius 1 is 1.06 bits per heavy atom. The number of nitriles is 1. The van der Waals surface area contributed by atoms with E-state index in [1.807, 2.05) is 45.0 Å². The van der Waals surface area contributed by atoms with Gasteiger partial charge in [0, 0.05) is 12.1 Å². The predicted octanol–water partition coefficient (Wildman–Crippen LogP) is 5.98. The number of aryl methyl sites for hydroxylation is 2. The Bertz CT molecular complexity index is 1210. The molecule has 0 aromatic heterocycles. The fraction of sp³-hybridized carbons (Fsp3) is 0.185. The molecule has 0 saturated heterocycles. The average molecular weight is 429 g/mol. The third-order valence-corrected chi connectivity index (χ3v) is 5.17. The summed E-state index contributed by atoms with van der Waals surface area (Å²) >= 11 is 0. The molecule has 0 aliphatic heterocycles. The molecule has 0 spiro atoms. The van der Waals surface area contributed by atoms with Crippen molar-refractivity contribution in [3.8, 4) is 11.8 Å². The van der Waals surface area contributed by atoms with Crippen LogP contribution in [-0.2, 0) is 11.2 Å². The Kier molecular flexibility index (Phi) is 7.41. The van der Waals surface area contributed by atoms with Crippen molar-refractivity contribution in [3.63, 3.8) is 0 Å². The predicted molar refractivity (Wildman–Crippen MR) is 125 cm³/mol. The van der Waals surface area contributed by atoms with Gasteiger partial charge in [0.2, 0.25) is 0 Å². The van der Waals surface area contributed by atoms with Gasteiger partial charge in [0.05, 0.1) is 6.61 Å². The summed E-state index contributed by atoms with van der Waals surface area (Å²) < 4.78 is 19.8. The highest BCUT2D eigenvalue weighted by molar-refractivity contribution is 6.09. The molecule has 0 aliphatic rings. The van der Waals surface area contributed by atoms with Gasteiger partial charge in [0.1, 0.15) is 23.2 Å². The molecule has 32 heavy (non-hydrogen) atoms. The maximum Gasteiger partial charge on any atom is 0.266 e. The van der Waals surface area contributed by atoms with Crippen molar-refractivity contribution in [1.82, 2.24) is 0 Å². The summed E-state index contributed by atoms with van der Waals surface area (Å²) in [7, 11) is 0. The molecule has 0 heterocycles. The standard InChI is InChI=1S/C27H25FN2O2/c1-4-32-26-15-20(10-11-22(26)16-21-7-5-6-8-25(21)28)14-23(17-29)27(31)30-24-12-9-18(2)19(3)13-24/h5-15H,4,16H2,1-3H3,(H,30,31)/b23-14+. The third kappa shape index (κ3) is 5.61. The molecule has 0 saturated carbocycles. The first-order chi connectivity index (χ1) is 15.4. The summed E-state index contributed by atoms with van der Waals surface area (Å²) in [6.45, 7) is 6.26. The second-order valence-corrected chi connectivity index (χ2v) is 7.49. The second-order valence-electron chi connectivity index (χ2n) is 7.49. The number of ether oxygens (including phenoxy) is 1. The van der Waals surface area contributed by atoms with Gasteiger partial charge in [-0.1, -0.05) is 36.4 Å². The summed E-state index contributed by atoms with van der Waals surface area (Å²) in [6, 6.07) is 19.6. The lowest BCUT2D eigenvalue weighted by molar-refractivity contribution is -0.112. The molecule has 3 rings (SSSR count). The lowest BCUT2D eigenvalue weighted by Gasteiger charge is -2.12.